The van der Waals surface area contributed by atoms with Crippen molar-refractivity contribution in [2.45, 2.75) is 52.0 Å². The van der Waals surface area contributed by atoms with E-state index in [0.29, 0.717) is 11.8 Å². The van der Waals surface area contributed by atoms with Crippen molar-refractivity contribution in [2.24, 2.45) is 11.8 Å². The van der Waals surface area contributed by atoms with E-state index in [-0.39, 0.29) is 5.78 Å². The van der Waals surface area contributed by atoms with Crippen molar-refractivity contribution in [3.8, 4) is 0 Å². The number of allylic oxidation sites excluding steroid dienone is 2. The maximum atomic E-state index is 13.9. The molecule has 3 heterocycles. The first-order valence-corrected chi connectivity index (χ1v) is 12.5. The molecule has 0 bridgehead atoms. The summed E-state index contributed by atoms with van der Waals surface area (Å²) in [7, 11) is 0. The van der Waals surface area contributed by atoms with Crippen LogP contribution in [0.5, 0.6) is 0 Å². The number of nitrogens with zero attached hydrogens (tertiary/aromatic N) is 1. The Kier molecular flexibility index (Phi) is 5.85. The third kappa shape index (κ3) is 3.81. The number of aryl methyl sites for hydroxylation is 1. The fourth-order valence-corrected chi connectivity index (χ4v) is 6.48. The molecule has 0 saturated carbocycles. The van der Waals surface area contributed by atoms with E-state index in [1.54, 1.807) is 11.3 Å². The van der Waals surface area contributed by atoms with E-state index in [4.69, 9.17) is 4.74 Å². The average molecular weight is 434 g/mol. The van der Waals surface area contributed by atoms with Crippen LogP contribution in [0.2, 0.25) is 0 Å². The molecule has 1 aliphatic carbocycles. The molecule has 1 fully saturated rings. The van der Waals surface area contributed by atoms with Crippen molar-refractivity contribution in [1.29, 1.82) is 0 Å². The van der Waals surface area contributed by atoms with Gasteiger partial charge in [-0.15, -0.1) is 11.3 Å². The van der Waals surface area contributed by atoms with Crippen LogP contribution in [0, 0.1) is 11.8 Å². The highest BCUT2D eigenvalue weighted by Crippen LogP contribution is 2.42. The first kappa shape index (κ1) is 20.7. The third-order valence-electron chi connectivity index (χ3n) is 7.35. The first-order valence-electron chi connectivity index (χ1n) is 11.7. The molecule has 1 aromatic carbocycles. The monoisotopic (exact) mass is 433 g/mol. The van der Waals surface area contributed by atoms with E-state index in [1.165, 1.54) is 35.0 Å². The number of thiophene rings is 1. The molecule has 3 nitrogen and oxygen atoms in total. The second kappa shape index (κ2) is 8.76. The van der Waals surface area contributed by atoms with Gasteiger partial charge in [0.15, 0.2) is 0 Å². The number of carbonyl (C=O) groups is 1. The Bertz CT molecular complexity index is 1120. The lowest BCUT2D eigenvalue weighted by Crippen LogP contribution is -2.21. The molecule has 2 aliphatic rings. The number of aromatic nitrogens is 1. The molecular weight excluding hydrogens is 402 g/mol. The molecule has 0 N–H and O–H groups in total. The summed E-state index contributed by atoms with van der Waals surface area (Å²) in [4.78, 5) is 15.1. The number of benzene rings is 1. The van der Waals surface area contributed by atoms with E-state index in [9.17, 15) is 4.79 Å². The van der Waals surface area contributed by atoms with Crippen molar-refractivity contribution in [2.75, 3.05) is 13.2 Å². The number of rotatable bonds is 5. The Morgan fingerprint density at radius 2 is 2.00 bits per heavy atom. The van der Waals surface area contributed by atoms with Crippen molar-refractivity contribution in [3.05, 3.63) is 64.7 Å². The van der Waals surface area contributed by atoms with Crippen LogP contribution in [-0.2, 0) is 11.3 Å². The third-order valence-corrected chi connectivity index (χ3v) is 8.30. The van der Waals surface area contributed by atoms with Crippen molar-refractivity contribution in [1.82, 2.24) is 4.57 Å². The van der Waals surface area contributed by atoms with Gasteiger partial charge in [0, 0.05) is 30.7 Å². The van der Waals surface area contributed by atoms with Gasteiger partial charge in [-0.2, -0.15) is 0 Å². The van der Waals surface area contributed by atoms with E-state index in [2.05, 4.69) is 66.3 Å². The van der Waals surface area contributed by atoms with Gasteiger partial charge in [-0.25, -0.2) is 0 Å². The summed E-state index contributed by atoms with van der Waals surface area (Å²) in [5, 5.41) is 3.27. The van der Waals surface area contributed by atoms with Crippen LogP contribution in [-0.4, -0.2) is 23.6 Å². The number of ether oxygens (including phenoxy) is 1. The van der Waals surface area contributed by atoms with Crippen molar-refractivity contribution >= 4 is 32.9 Å². The highest BCUT2D eigenvalue weighted by atomic mass is 32.1. The molecule has 5 rings (SSSR count). The standard InChI is InChI=1S/C27H31NO2S/c1-3-28-25(17-21-12-15-31-27(21)28)26(29)24-9-8-20(16-19-10-13-30-14-11-19)18(2)22-6-4-5-7-23(22)24/h4-7,9,12,15,17-20H,3,8,10-11,13-14,16H2,1-2H3. The molecule has 1 aliphatic heterocycles. The lowest BCUT2D eigenvalue weighted by atomic mass is 9.78. The zero-order valence-corrected chi connectivity index (χ0v) is 19.3. The Morgan fingerprint density at radius 3 is 2.81 bits per heavy atom. The number of carbonyl (C=O) groups excluding carboxylic acids is 1. The topological polar surface area (TPSA) is 31.2 Å². The van der Waals surface area contributed by atoms with Gasteiger partial charge in [-0.05, 0) is 79.0 Å². The molecule has 4 heteroatoms. The maximum Gasteiger partial charge on any atom is 0.209 e. The molecule has 2 unspecified atom stereocenters. The fraction of sp³-hybridized carbons (Fsp3) is 0.444. The van der Waals surface area contributed by atoms with Gasteiger partial charge in [0.25, 0.3) is 0 Å². The van der Waals surface area contributed by atoms with Gasteiger partial charge in [0.1, 0.15) is 4.83 Å². The zero-order chi connectivity index (χ0) is 21.4. The van der Waals surface area contributed by atoms with Gasteiger partial charge in [0.2, 0.25) is 5.78 Å². The molecule has 1 saturated heterocycles. The highest BCUT2D eigenvalue weighted by Gasteiger charge is 2.31. The average Bonchev–Trinajstić information content (AvgIpc) is 3.36. The fourth-order valence-electron chi connectivity index (χ4n) is 5.52. The van der Waals surface area contributed by atoms with Crippen molar-refractivity contribution in [3.63, 3.8) is 0 Å². The second-order valence-corrected chi connectivity index (χ2v) is 9.96. The summed E-state index contributed by atoms with van der Waals surface area (Å²) in [5.74, 6) is 1.91. The summed E-state index contributed by atoms with van der Waals surface area (Å²) in [6.07, 6.45) is 6.77. The Balaban J connectivity index is 1.52. The van der Waals surface area contributed by atoms with Crippen molar-refractivity contribution < 1.29 is 9.53 Å². The molecular formula is C27H31NO2S. The van der Waals surface area contributed by atoms with E-state index in [1.807, 2.05) is 0 Å². The number of ketones is 1. The summed E-state index contributed by atoms with van der Waals surface area (Å²) in [5.41, 5.74) is 4.16. The summed E-state index contributed by atoms with van der Waals surface area (Å²) < 4.78 is 7.76. The van der Waals surface area contributed by atoms with Crippen LogP contribution >= 0.6 is 11.3 Å². The minimum absolute atomic E-state index is 0.164. The van der Waals surface area contributed by atoms with Crippen LogP contribution in [0.1, 0.15) is 67.1 Å². The largest absolute Gasteiger partial charge is 0.381 e. The molecule has 0 spiro atoms. The molecule has 0 amide bonds. The summed E-state index contributed by atoms with van der Waals surface area (Å²) in [6, 6.07) is 12.8. The van der Waals surface area contributed by atoms with Gasteiger partial charge in [-0.3, -0.25) is 4.79 Å². The number of Topliss-reactive ketones (excluding diaryl/α,β-unsaturated/α-hetero) is 1. The number of hydrogen-bond donors (Lipinski definition) is 0. The summed E-state index contributed by atoms with van der Waals surface area (Å²) in [6.45, 7) is 7.08. The predicted molar refractivity (Wildman–Crippen MR) is 129 cm³/mol. The predicted octanol–water partition coefficient (Wildman–Crippen LogP) is 6.93. The van der Waals surface area contributed by atoms with Crippen LogP contribution < -0.4 is 0 Å². The highest BCUT2D eigenvalue weighted by molar-refractivity contribution is 7.16. The Hall–Kier alpha value is -2.17. The van der Waals surface area contributed by atoms with Gasteiger partial charge in [-0.1, -0.05) is 37.3 Å². The number of fused-ring (bicyclic) bond motifs is 2. The van der Waals surface area contributed by atoms with Gasteiger partial charge in [0.05, 0.1) is 5.69 Å². The SMILES string of the molecule is CCn1c(C(=O)C2=CCC(CC3CCOCC3)C(C)c3ccccc32)cc2ccsc21. The van der Waals surface area contributed by atoms with Crippen LogP contribution in [0.25, 0.3) is 15.8 Å². The molecule has 2 atom stereocenters. The van der Waals surface area contributed by atoms with Crippen LogP contribution in [0.3, 0.4) is 0 Å². The summed E-state index contributed by atoms with van der Waals surface area (Å²) >= 11 is 1.71. The minimum Gasteiger partial charge on any atom is -0.381 e. The first-order chi connectivity index (χ1) is 15.2. The van der Waals surface area contributed by atoms with Gasteiger partial charge >= 0.3 is 0 Å². The van der Waals surface area contributed by atoms with Gasteiger partial charge < -0.3 is 9.30 Å². The Morgan fingerprint density at radius 1 is 1.19 bits per heavy atom. The molecule has 162 valence electrons. The van der Waals surface area contributed by atoms with Crippen LogP contribution in [0.15, 0.2) is 47.9 Å². The second-order valence-electron chi connectivity index (χ2n) is 9.07. The lowest BCUT2D eigenvalue weighted by Gasteiger charge is -2.29. The van der Waals surface area contributed by atoms with E-state index < -0.39 is 0 Å². The lowest BCUT2D eigenvalue weighted by molar-refractivity contribution is 0.0574. The Labute approximate surface area is 188 Å². The number of hydrogen-bond acceptors (Lipinski definition) is 3. The quantitative estimate of drug-likeness (QED) is 0.409. The normalized spacial score (nSPS) is 22.2. The minimum atomic E-state index is 0.164. The smallest absolute Gasteiger partial charge is 0.209 e. The molecule has 3 aromatic rings. The van der Waals surface area contributed by atoms with E-state index in [0.717, 1.165) is 48.9 Å². The maximum absolute atomic E-state index is 13.9. The van der Waals surface area contributed by atoms with E-state index >= 15 is 0 Å². The molecule has 0 radical (unpaired) electrons. The molecule has 2 aromatic heterocycles. The van der Waals surface area contributed by atoms with Crippen LogP contribution in [0.4, 0.5) is 0 Å². The zero-order valence-electron chi connectivity index (χ0n) is 18.5. The molecule has 31 heavy (non-hydrogen) atoms.